The van der Waals surface area contributed by atoms with E-state index in [4.69, 9.17) is 17.3 Å². The number of pyridine rings is 1. The predicted molar refractivity (Wildman–Crippen MR) is 82.9 cm³/mol. The molecular formula is C16H18ClN3. The van der Waals surface area contributed by atoms with Crippen molar-refractivity contribution < 1.29 is 0 Å². The van der Waals surface area contributed by atoms with E-state index < -0.39 is 0 Å². The van der Waals surface area contributed by atoms with Gasteiger partial charge in [0.2, 0.25) is 0 Å². The monoisotopic (exact) mass is 287 g/mol. The van der Waals surface area contributed by atoms with E-state index in [1.807, 2.05) is 30.6 Å². The summed E-state index contributed by atoms with van der Waals surface area (Å²) in [6, 6.07) is 10.5. The van der Waals surface area contributed by atoms with Gasteiger partial charge in [-0.2, -0.15) is 0 Å². The van der Waals surface area contributed by atoms with Crippen LogP contribution in [0.25, 0.3) is 0 Å². The van der Waals surface area contributed by atoms with Gasteiger partial charge in [-0.05, 0) is 48.2 Å². The fraction of sp³-hybridized carbons (Fsp3) is 0.312. The molecule has 1 saturated heterocycles. The van der Waals surface area contributed by atoms with E-state index in [0.717, 1.165) is 23.6 Å². The molecule has 1 aliphatic heterocycles. The molecule has 1 aliphatic rings. The van der Waals surface area contributed by atoms with Crippen LogP contribution in [0.5, 0.6) is 0 Å². The number of halogens is 1. The van der Waals surface area contributed by atoms with Crippen LogP contribution in [0.2, 0.25) is 5.02 Å². The molecular weight excluding hydrogens is 270 g/mol. The minimum Gasteiger partial charge on any atom is -0.364 e. The molecule has 0 spiro atoms. The first-order chi connectivity index (χ1) is 9.79. The Labute approximate surface area is 124 Å². The van der Waals surface area contributed by atoms with Crippen LogP contribution in [0, 0.1) is 0 Å². The van der Waals surface area contributed by atoms with Gasteiger partial charge >= 0.3 is 0 Å². The average molecular weight is 288 g/mol. The van der Waals surface area contributed by atoms with E-state index in [1.54, 1.807) is 0 Å². The van der Waals surface area contributed by atoms with Crippen molar-refractivity contribution in [3.8, 4) is 0 Å². The molecule has 1 aromatic carbocycles. The second kappa shape index (κ2) is 5.81. The van der Waals surface area contributed by atoms with Gasteiger partial charge in [0, 0.05) is 36.2 Å². The van der Waals surface area contributed by atoms with Gasteiger partial charge in [0.05, 0.1) is 6.04 Å². The lowest BCUT2D eigenvalue weighted by Crippen LogP contribution is -2.24. The fourth-order valence-corrected chi connectivity index (χ4v) is 3.13. The lowest BCUT2D eigenvalue weighted by molar-refractivity contribution is 0.714. The fourth-order valence-electron chi connectivity index (χ4n) is 2.96. The first-order valence-corrected chi connectivity index (χ1v) is 7.32. The Morgan fingerprint density at radius 3 is 2.80 bits per heavy atom. The normalized spacial score (nSPS) is 18.5. The van der Waals surface area contributed by atoms with E-state index in [1.165, 1.54) is 17.7 Å². The molecule has 1 unspecified atom stereocenters. The Morgan fingerprint density at radius 1 is 1.25 bits per heavy atom. The zero-order valence-electron chi connectivity index (χ0n) is 11.3. The van der Waals surface area contributed by atoms with Crippen LogP contribution in [0.4, 0.5) is 5.69 Å². The van der Waals surface area contributed by atoms with Crippen molar-refractivity contribution in [1.29, 1.82) is 0 Å². The lowest BCUT2D eigenvalue weighted by Gasteiger charge is -2.29. The molecule has 3 nitrogen and oxygen atoms in total. The number of benzene rings is 1. The van der Waals surface area contributed by atoms with E-state index >= 15 is 0 Å². The molecule has 104 valence electrons. The van der Waals surface area contributed by atoms with Crippen molar-refractivity contribution in [2.75, 3.05) is 11.4 Å². The molecule has 0 saturated carbocycles. The molecule has 1 fully saturated rings. The van der Waals surface area contributed by atoms with Gasteiger partial charge in [-0.3, -0.25) is 4.98 Å². The molecule has 2 aromatic rings. The summed E-state index contributed by atoms with van der Waals surface area (Å²) in [6.07, 6.45) is 6.05. The summed E-state index contributed by atoms with van der Waals surface area (Å²) in [6.45, 7) is 1.58. The van der Waals surface area contributed by atoms with Crippen LogP contribution < -0.4 is 10.6 Å². The summed E-state index contributed by atoms with van der Waals surface area (Å²) in [5.74, 6) is 0. The van der Waals surface area contributed by atoms with Crippen molar-refractivity contribution in [2.24, 2.45) is 5.73 Å². The summed E-state index contributed by atoms with van der Waals surface area (Å²) < 4.78 is 0. The summed E-state index contributed by atoms with van der Waals surface area (Å²) >= 11 is 6.17. The van der Waals surface area contributed by atoms with Crippen LogP contribution in [-0.4, -0.2) is 11.5 Å². The van der Waals surface area contributed by atoms with Gasteiger partial charge in [0.25, 0.3) is 0 Å². The molecule has 1 aromatic heterocycles. The Bertz CT molecular complexity index is 586. The van der Waals surface area contributed by atoms with Crippen molar-refractivity contribution in [1.82, 2.24) is 4.98 Å². The van der Waals surface area contributed by atoms with Gasteiger partial charge in [-0.25, -0.2) is 0 Å². The first-order valence-electron chi connectivity index (χ1n) is 6.94. The summed E-state index contributed by atoms with van der Waals surface area (Å²) in [4.78, 5) is 6.52. The van der Waals surface area contributed by atoms with Gasteiger partial charge < -0.3 is 10.6 Å². The molecule has 0 radical (unpaired) electrons. The molecule has 0 bridgehead atoms. The van der Waals surface area contributed by atoms with E-state index in [2.05, 4.69) is 22.0 Å². The Morgan fingerprint density at radius 2 is 2.05 bits per heavy atom. The van der Waals surface area contributed by atoms with Gasteiger partial charge in [0.1, 0.15) is 0 Å². The maximum Gasteiger partial charge on any atom is 0.0544 e. The first kappa shape index (κ1) is 13.4. The number of aromatic nitrogens is 1. The molecule has 0 aliphatic carbocycles. The van der Waals surface area contributed by atoms with Crippen molar-refractivity contribution in [2.45, 2.75) is 25.4 Å². The number of anilines is 1. The van der Waals surface area contributed by atoms with Crippen molar-refractivity contribution >= 4 is 17.3 Å². The summed E-state index contributed by atoms with van der Waals surface area (Å²) in [5.41, 5.74) is 9.49. The maximum absolute atomic E-state index is 6.17. The minimum atomic E-state index is 0.391. The smallest absolute Gasteiger partial charge is 0.0544 e. The van der Waals surface area contributed by atoms with Crippen molar-refractivity contribution in [3.05, 3.63) is 58.9 Å². The number of nitrogens with two attached hydrogens (primary N) is 1. The van der Waals surface area contributed by atoms with Crippen molar-refractivity contribution in [3.63, 3.8) is 0 Å². The topological polar surface area (TPSA) is 42.1 Å². The highest BCUT2D eigenvalue weighted by Gasteiger charge is 2.27. The third-order valence-electron chi connectivity index (χ3n) is 3.92. The van der Waals surface area contributed by atoms with E-state index in [0.29, 0.717) is 12.6 Å². The predicted octanol–water partition coefficient (Wildman–Crippen LogP) is 3.54. The van der Waals surface area contributed by atoms with Gasteiger partial charge in [-0.15, -0.1) is 0 Å². The molecule has 3 rings (SSSR count). The largest absolute Gasteiger partial charge is 0.364 e. The number of hydrogen-bond donors (Lipinski definition) is 1. The molecule has 0 amide bonds. The zero-order chi connectivity index (χ0) is 13.9. The molecule has 2 N–H and O–H groups in total. The van der Waals surface area contributed by atoms with E-state index in [9.17, 15) is 0 Å². The number of rotatable bonds is 3. The third kappa shape index (κ3) is 2.51. The molecule has 20 heavy (non-hydrogen) atoms. The second-order valence-electron chi connectivity index (χ2n) is 5.11. The third-order valence-corrected chi connectivity index (χ3v) is 4.16. The molecule has 4 heteroatoms. The zero-order valence-corrected chi connectivity index (χ0v) is 12.1. The highest BCUT2D eigenvalue weighted by molar-refractivity contribution is 6.30. The van der Waals surface area contributed by atoms with Crippen LogP contribution in [-0.2, 0) is 6.54 Å². The average Bonchev–Trinajstić information content (AvgIpc) is 2.97. The van der Waals surface area contributed by atoms with Crippen LogP contribution in [0.3, 0.4) is 0 Å². The Kier molecular flexibility index (Phi) is 3.90. The van der Waals surface area contributed by atoms with Crippen LogP contribution in [0.15, 0.2) is 42.7 Å². The highest BCUT2D eigenvalue weighted by atomic mass is 35.5. The van der Waals surface area contributed by atoms with E-state index in [-0.39, 0.29) is 0 Å². The van der Waals surface area contributed by atoms with Gasteiger partial charge in [-0.1, -0.05) is 17.7 Å². The van der Waals surface area contributed by atoms with Gasteiger partial charge in [0.15, 0.2) is 0 Å². The summed E-state index contributed by atoms with van der Waals surface area (Å²) in [7, 11) is 0. The standard InChI is InChI=1S/C16H18ClN3/c17-14-4-3-13(11-18)16(10-14)20-9-1-2-15(20)12-5-7-19-8-6-12/h3-8,10,15H,1-2,9,11,18H2. The minimum absolute atomic E-state index is 0.391. The summed E-state index contributed by atoms with van der Waals surface area (Å²) in [5, 5.41) is 0.762. The quantitative estimate of drug-likeness (QED) is 0.939. The maximum atomic E-state index is 6.17. The highest BCUT2D eigenvalue weighted by Crippen LogP contribution is 2.38. The van der Waals surface area contributed by atoms with Crippen LogP contribution >= 0.6 is 11.6 Å². The SMILES string of the molecule is NCc1ccc(Cl)cc1N1CCCC1c1ccncc1. The number of hydrogen-bond acceptors (Lipinski definition) is 3. The second-order valence-corrected chi connectivity index (χ2v) is 5.55. The van der Waals surface area contributed by atoms with Crippen LogP contribution in [0.1, 0.15) is 30.0 Å². The lowest BCUT2D eigenvalue weighted by atomic mass is 10.0. The Balaban J connectivity index is 1.99. The Hall–Kier alpha value is -1.58. The molecule has 1 atom stereocenters. The number of nitrogens with zero attached hydrogens (tertiary/aromatic N) is 2. The molecule has 2 heterocycles.